The summed E-state index contributed by atoms with van der Waals surface area (Å²) in [5.74, 6) is -0.992. The van der Waals surface area contributed by atoms with Gasteiger partial charge in [0.1, 0.15) is 11.2 Å². The summed E-state index contributed by atoms with van der Waals surface area (Å²) in [7, 11) is 3.29. The van der Waals surface area contributed by atoms with Crippen LogP contribution in [0.1, 0.15) is 30.9 Å². The van der Waals surface area contributed by atoms with Gasteiger partial charge in [0, 0.05) is 12.6 Å². The molecule has 0 unspecified atom stereocenters. The average Bonchev–Trinajstić information content (AvgIpc) is 3.28. The monoisotopic (exact) mass is 320 g/mol. The predicted octanol–water partition coefficient (Wildman–Crippen LogP) is 1.64. The molecule has 1 N–H and O–H groups in total. The normalized spacial score (nSPS) is 25.9. The molecule has 2 fully saturated rings. The average molecular weight is 320 g/mol. The number of ether oxygens (including phenoxy) is 1. The van der Waals surface area contributed by atoms with Crippen molar-refractivity contribution in [3.05, 3.63) is 35.6 Å². The number of hydrogen-bond donors (Lipinski definition) is 1. The SMILES string of the molecule is COC(=O)C1(C(=O)N[C@@H]2CCN(C)[C@@H]2c2ccc(F)cc2)CC1. The van der Waals surface area contributed by atoms with Gasteiger partial charge in [0.05, 0.1) is 13.2 Å². The second-order valence-corrected chi connectivity index (χ2v) is 6.42. The first kappa shape index (κ1) is 15.9. The number of carbonyl (C=O) groups excluding carboxylic acids is 2. The Morgan fingerprint density at radius 2 is 1.96 bits per heavy atom. The maximum atomic E-state index is 13.1. The molecule has 0 spiro atoms. The number of rotatable bonds is 4. The van der Waals surface area contributed by atoms with E-state index in [1.807, 2.05) is 7.05 Å². The van der Waals surface area contributed by atoms with E-state index in [4.69, 9.17) is 4.74 Å². The molecule has 1 saturated heterocycles. The summed E-state index contributed by atoms with van der Waals surface area (Å²) in [6.45, 7) is 0.832. The van der Waals surface area contributed by atoms with Crippen molar-refractivity contribution in [2.45, 2.75) is 31.3 Å². The first-order valence-electron chi connectivity index (χ1n) is 7.83. The smallest absolute Gasteiger partial charge is 0.321 e. The Hall–Kier alpha value is -1.95. The second kappa shape index (κ2) is 5.92. The summed E-state index contributed by atoms with van der Waals surface area (Å²) in [5.41, 5.74) is -0.0388. The van der Waals surface area contributed by atoms with Crippen LogP contribution >= 0.6 is 0 Å². The van der Waals surface area contributed by atoms with Crippen molar-refractivity contribution in [1.29, 1.82) is 0 Å². The number of benzene rings is 1. The standard InChI is InChI=1S/C17H21FN2O3/c1-20-10-7-13(14(20)11-3-5-12(18)6-4-11)19-15(21)17(8-9-17)16(22)23-2/h3-6,13-14H,7-10H2,1-2H3,(H,19,21)/t13-,14-/m1/s1. The lowest BCUT2D eigenvalue weighted by atomic mass is 9.98. The lowest BCUT2D eigenvalue weighted by Crippen LogP contribution is -2.45. The van der Waals surface area contributed by atoms with Gasteiger partial charge in [0.15, 0.2) is 0 Å². The molecule has 0 aromatic heterocycles. The van der Waals surface area contributed by atoms with Crippen LogP contribution in [0.2, 0.25) is 0 Å². The predicted molar refractivity (Wildman–Crippen MR) is 82.0 cm³/mol. The highest BCUT2D eigenvalue weighted by Gasteiger charge is 2.58. The van der Waals surface area contributed by atoms with Crippen molar-refractivity contribution in [3.8, 4) is 0 Å². The fourth-order valence-electron chi connectivity index (χ4n) is 3.40. The number of halogens is 1. The van der Waals surface area contributed by atoms with Crippen LogP contribution in [0.15, 0.2) is 24.3 Å². The Morgan fingerprint density at radius 1 is 1.30 bits per heavy atom. The van der Waals surface area contributed by atoms with Gasteiger partial charge < -0.3 is 10.1 Å². The van der Waals surface area contributed by atoms with Crippen molar-refractivity contribution in [3.63, 3.8) is 0 Å². The molecular formula is C17H21FN2O3. The first-order valence-corrected chi connectivity index (χ1v) is 7.83. The minimum Gasteiger partial charge on any atom is -0.468 e. The molecule has 1 aromatic carbocycles. The molecule has 1 aromatic rings. The third kappa shape index (κ3) is 2.83. The molecule has 0 bridgehead atoms. The fraction of sp³-hybridized carbons (Fsp3) is 0.529. The van der Waals surface area contributed by atoms with Crippen molar-refractivity contribution in [2.75, 3.05) is 20.7 Å². The van der Waals surface area contributed by atoms with E-state index in [9.17, 15) is 14.0 Å². The van der Waals surface area contributed by atoms with Crippen LogP contribution in [-0.2, 0) is 14.3 Å². The van der Waals surface area contributed by atoms with Gasteiger partial charge in [-0.05, 0) is 44.0 Å². The number of likely N-dealkylation sites (tertiary alicyclic amines) is 1. The summed E-state index contributed by atoms with van der Waals surface area (Å²) in [6.07, 6.45) is 1.87. The lowest BCUT2D eigenvalue weighted by molar-refractivity contribution is -0.152. The van der Waals surface area contributed by atoms with Crippen LogP contribution < -0.4 is 5.32 Å². The molecule has 124 valence electrons. The maximum absolute atomic E-state index is 13.1. The molecule has 0 radical (unpaired) electrons. The van der Waals surface area contributed by atoms with Crippen molar-refractivity contribution in [2.24, 2.45) is 5.41 Å². The second-order valence-electron chi connectivity index (χ2n) is 6.42. The zero-order valence-corrected chi connectivity index (χ0v) is 13.3. The number of esters is 1. The van der Waals surface area contributed by atoms with Crippen molar-refractivity contribution >= 4 is 11.9 Å². The van der Waals surface area contributed by atoms with E-state index in [0.717, 1.165) is 18.5 Å². The maximum Gasteiger partial charge on any atom is 0.321 e. The van der Waals surface area contributed by atoms with Gasteiger partial charge in [-0.2, -0.15) is 0 Å². The third-order valence-electron chi connectivity index (χ3n) is 4.94. The summed E-state index contributed by atoms with van der Waals surface area (Å²) in [6, 6.07) is 6.23. The Morgan fingerprint density at radius 3 is 2.52 bits per heavy atom. The van der Waals surface area contributed by atoms with Crippen LogP contribution in [0.4, 0.5) is 4.39 Å². The molecular weight excluding hydrogens is 299 g/mol. The van der Waals surface area contributed by atoms with Crippen LogP contribution in [0.25, 0.3) is 0 Å². The molecule has 1 aliphatic carbocycles. The van der Waals surface area contributed by atoms with Crippen LogP contribution in [0.5, 0.6) is 0 Å². The Balaban J connectivity index is 1.75. The molecule has 1 amide bonds. The number of likely N-dealkylation sites (N-methyl/N-ethyl adjacent to an activating group) is 1. The summed E-state index contributed by atoms with van der Waals surface area (Å²) < 4.78 is 17.9. The lowest BCUT2D eigenvalue weighted by Gasteiger charge is -2.27. The van der Waals surface area contributed by atoms with Gasteiger partial charge in [-0.15, -0.1) is 0 Å². The number of nitrogens with one attached hydrogen (secondary N) is 1. The third-order valence-corrected chi connectivity index (χ3v) is 4.94. The van der Waals surface area contributed by atoms with Crippen LogP contribution in [-0.4, -0.2) is 43.5 Å². The molecule has 23 heavy (non-hydrogen) atoms. The van der Waals surface area contributed by atoms with Crippen LogP contribution in [0.3, 0.4) is 0 Å². The zero-order chi connectivity index (χ0) is 16.6. The van der Waals surface area contributed by atoms with E-state index in [-0.39, 0.29) is 23.8 Å². The topological polar surface area (TPSA) is 58.6 Å². The minimum absolute atomic E-state index is 0.0204. The van der Waals surface area contributed by atoms with E-state index in [1.54, 1.807) is 12.1 Å². The molecule has 2 aliphatic rings. The first-order chi connectivity index (χ1) is 11.0. The molecule has 5 nitrogen and oxygen atoms in total. The molecule has 1 aliphatic heterocycles. The van der Waals surface area contributed by atoms with Gasteiger partial charge in [-0.25, -0.2) is 4.39 Å². The minimum atomic E-state index is -0.997. The van der Waals surface area contributed by atoms with E-state index in [1.165, 1.54) is 19.2 Å². The number of amides is 1. The van der Waals surface area contributed by atoms with Crippen molar-refractivity contribution in [1.82, 2.24) is 10.2 Å². The highest BCUT2D eigenvalue weighted by Crippen LogP contribution is 2.47. The number of carbonyl (C=O) groups is 2. The van der Waals surface area contributed by atoms with E-state index >= 15 is 0 Å². The Kier molecular flexibility index (Phi) is 4.10. The van der Waals surface area contributed by atoms with Gasteiger partial charge in [0.2, 0.25) is 5.91 Å². The van der Waals surface area contributed by atoms with Gasteiger partial charge in [0.25, 0.3) is 0 Å². The molecule has 6 heteroatoms. The highest BCUT2D eigenvalue weighted by atomic mass is 19.1. The summed E-state index contributed by atoms with van der Waals surface area (Å²) in [4.78, 5) is 26.5. The largest absolute Gasteiger partial charge is 0.468 e. The quantitative estimate of drug-likeness (QED) is 0.677. The Bertz CT molecular complexity index is 613. The summed E-state index contributed by atoms with van der Waals surface area (Å²) in [5, 5.41) is 3.02. The van der Waals surface area contributed by atoms with E-state index in [2.05, 4.69) is 10.2 Å². The van der Waals surface area contributed by atoms with Gasteiger partial charge in [-0.3, -0.25) is 14.5 Å². The zero-order valence-electron chi connectivity index (χ0n) is 13.3. The number of hydrogen-bond acceptors (Lipinski definition) is 4. The number of methoxy groups -OCH3 is 1. The molecule has 1 saturated carbocycles. The fourth-order valence-corrected chi connectivity index (χ4v) is 3.40. The molecule has 3 rings (SSSR count). The van der Waals surface area contributed by atoms with E-state index < -0.39 is 11.4 Å². The van der Waals surface area contributed by atoms with Gasteiger partial charge >= 0.3 is 5.97 Å². The summed E-state index contributed by atoms with van der Waals surface area (Å²) >= 11 is 0. The molecule has 2 atom stereocenters. The number of nitrogens with zero attached hydrogens (tertiary/aromatic N) is 1. The van der Waals surface area contributed by atoms with E-state index in [0.29, 0.717) is 12.8 Å². The highest BCUT2D eigenvalue weighted by molar-refractivity contribution is 6.05. The van der Waals surface area contributed by atoms with Gasteiger partial charge in [-0.1, -0.05) is 12.1 Å². The Labute approximate surface area is 134 Å². The van der Waals surface area contributed by atoms with Crippen LogP contribution in [0, 0.1) is 11.2 Å². The van der Waals surface area contributed by atoms with Crippen molar-refractivity contribution < 1.29 is 18.7 Å². The molecule has 1 heterocycles.